The molecule has 8 nitrogen and oxygen atoms in total. The molecule has 4 aliphatic heterocycles. The monoisotopic (exact) mass is 744 g/mol. The Morgan fingerprint density at radius 3 is 1.68 bits per heavy atom. The third-order valence-electron chi connectivity index (χ3n) is 12.9. The van der Waals surface area contributed by atoms with E-state index in [0.717, 1.165) is 78.5 Å². The number of nitrogens with zero attached hydrogens (tertiary/aromatic N) is 4. The molecule has 4 unspecified atom stereocenters. The summed E-state index contributed by atoms with van der Waals surface area (Å²) in [5, 5.41) is 0. The summed E-state index contributed by atoms with van der Waals surface area (Å²) < 4.78 is 18.6. The van der Waals surface area contributed by atoms with Crippen LogP contribution in [0.25, 0.3) is 0 Å². The standard InChI is InChI=1S/C48H48N4O4/c1-4-30-54-38-22-14-33(15-23-38)46(3,32-10-18-36(19-11-32)51-26-6-7-27-51)43-40-42-47(35-16-24-39(25-17-35)55-31-5-2,48(42)44(49-40)41(50-43)45(53)56-48)34-12-20-37(21-13-34)52-28-8-9-29-52/h3,10-25,42H,4-9,26-31H2,1-2H3. The fourth-order valence-electron chi connectivity index (χ4n) is 10.2. The second kappa shape index (κ2) is 13.4. The zero-order valence-electron chi connectivity index (χ0n) is 32.3. The molecule has 1 saturated carbocycles. The Bertz CT molecular complexity index is 2260. The zero-order chi connectivity index (χ0) is 38.1. The van der Waals surface area contributed by atoms with Crippen molar-refractivity contribution in [2.45, 2.75) is 74.7 Å². The maximum atomic E-state index is 14.2. The number of carbonyl (C=O) groups is 1. The Kier molecular flexibility index (Phi) is 8.38. The summed E-state index contributed by atoms with van der Waals surface area (Å²) in [5.41, 5.74) is 5.37. The molecule has 56 heavy (non-hydrogen) atoms. The molecule has 2 bridgehead atoms. The second-order valence-electron chi connectivity index (χ2n) is 16.1. The third-order valence-corrected chi connectivity index (χ3v) is 12.9. The molecule has 2 saturated heterocycles. The van der Waals surface area contributed by atoms with E-state index in [1.165, 1.54) is 37.1 Å². The van der Waals surface area contributed by atoms with Crippen LogP contribution in [0.15, 0.2) is 97.1 Å². The predicted molar refractivity (Wildman–Crippen MR) is 217 cm³/mol. The van der Waals surface area contributed by atoms with Crippen LogP contribution < -0.4 is 19.3 Å². The molecular weight excluding hydrogens is 697 g/mol. The van der Waals surface area contributed by atoms with Crippen molar-refractivity contribution in [1.82, 2.24) is 9.97 Å². The number of hydrogen-bond donors (Lipinski definition) is 0. The highest BCUT2D eigenvalue weighted by molar-refractivity contribution is 5.96. The predicted octanol–water partition coefficient (Wildman–Crippen LogP) is 8.76. The van der Waals surface area contributed by atoms with Gasteiger partial charge in [0.05, 0.1) is 41.3 Å². The molecule has 1 aromatic heterocycles. The molecule has 5 aliphatic rings. The molecule has 1 spiro atoms. The van der Waals surface area contributed by atoms with Crippen LogP contribution in [0.4, 0.5) is 11.4 Å². The first-order chi connectivity index (χ1) is 27.4. The average molecular weight is 745 g/mol. The number of ether oxygens (including phenoxy) is 3. The van der Waals surface area contributed by atoms with E-state index in [1.54, 1.807) is 0 Å². The first kappa shape index (κ1) is 35.1. The van der Waals surface area contributed by atoms with Crippen molar-refractivity contribution >= 4 is 17.3 Å². The maximum Gasteiger partial charge on any atom is 0.360 e. The average Bonchev–Trinajstić information content (AvgIpc) is 3.89. The fourth-order valence-corrected chi connectivity index (χ4v) is 10.2. The summed E-state index contributed by atoms with van der Waals surface area (Å²) in [7, 11) is 0. The lowest BCUT2D eigenvalue weighted by atomic mass is 9.71. The molecule has 3 fully saturated rings. The molecule has 0 N–H and O–H groups in total. The van der Waals surface area contributed by atoms with Gasteiger partial charge in [-0.3, -0.25) is 0 Å². The first-order valence-corrected chi connectivity index (χ1v) is 20.6. The van der Waals surface area contributed by atoms with Gasteiger partial charge in [0.25, 0.3) is 0 Å². The topological polar surface area (TPSA) is 77.0 Å². The van der Waals surface area contributed by atoms with Gasteiger partial charge in [-0.25, -0.2) is 14.8 Å². The number of hydrogen-bond acceptors (Lipinski definition) is 8. The lowest BCUT2D eigenvalue weighted by Gasteiger charge is -2.33. The van der Waals surface area contributed by atoms with Crippen molar-refractivity contribution in [2.75, 3.05) is 49.2 Å². The van der Waals surface area contributed by atoms with Crippen LogP contribution in [0, 0.1) is 6.92 Å². The number of aromatic nitrogens is 2. The van der Waals surface area contributed by atoms with Gasteiger partial charge in [-0.05, 0) is 116 Å². The molecule has 1 aliphatic carbocycles. The third kappa shape index (κ3) is 4.99. The highest BCUT2D eigenvalue weighted by Crippen LogP contribution is 2.82. The molecule has 4 atom stereocenters. The SMILES string of the molecule is [CH]C(c1ccc(OCCC)cc1)(c1ccc(N2CCCC2)cc1)c1nc2c3nc1C1C3(OC2=O)C1(c1ccc(OCCC)cc1)c1ccc(N2CCCC2)cc1. The van der Waals surface area contributed by atoms with Gasteiger partial charge in [0, 0.05) is 37.6 Å². The molecule has 10 rings (SSSR count). The van der Waals surface area contributed by atoms with Gasteiger partial charge >= 0.3 is 5.97 Å². The second-order valence-corrected chi connectivity index (χ2v) is 16.1. The first-order valence-electron chi connectivity index (χ1n) is 20.6. The lowest BCUT2D eigenvalue weighted by Crippen LogP contribution is -2.31. The van der Waals surface area contributed by atoms with Crippen molar-refractivity contribution in [2.24, 2.45) is 0 Å². The number of fused-ring (bicyclic) bond motifs is 2. The molecule has 5 heterocycles. The number of esters is 1. The van der Waals surface area contributed by atoms with Gasteiger partial charge in [-0.2, -0.15) is 0 Å². The Morgan fingerprint density at radius 2 is 1.16 bits per heavy atom. The molecule has 284 valence electrons. The summed E-state index contributed by atoms with van der Waals surface area (Å²) in [6, 6.07) is 33.8. The van der Waals surface area contributed by atoms with Crippen LogP contribution in [0.2, 0.25) is 0 Å². The van der Waals surface area contributed by atoms with Gasteiger partial charge in [-0.1, -0.05) is 62.4 Å². The van der Waals surface area contributed by atoms with Crippen molar-refractivity contribution in [3.05, 3.63) is 149 Å². The van der Waals surface area contributed by atoms with E-state index in [2.05, 4.69) is 84.3 Å². The summed E-state index contributed by atoms with van der Waals surface area (Å²) in [6.07, 6.45) is 6.63. The van der Waals surface area contributed by atoms with Gasteiger partial charge in [0.2, 0.25) is 0 Å². The number of carbonyl (C=O) groups excluding carboxylic acids is 1. The molecule has 2 radical (unpaired) electrons. The smallest absolute Gasteiger partial charge is 0.360 e. The molecular formula is C48H48N4O4. The molecule has 8 heteroatoms. The summed E-state index contributed by atoms with van der Waals surface area (Å²) in [4.78, 5) is 29.5. The van der Waals surface area contributed by atoms with E-state index in [1.807, 2.05) is 36.4 Å². The number of benzene rings is 4. The Labute approximate surface area is 329 Å². The fraction of sp³-hybridized carbons (Fsp3) is 0.375. The van der Waals surface area contributed by atoms with Crippen LogP contribution in [0.1, 0.15) is 108 Å². The largest absolute Gasteiger partial charge is 0.494 e. The van der Waals surface area contributed by atoms with Gasteiger partial charge in [-0.15, -0.1) is 0 Å². The van der Waals surface area contributed by atoms with Crippen LogP contribution in [0.5, 0.6) is 11.5 Å². The molecule has 0 amide bonds. The normalized spacial score (nSPS) is 23.9. The van der Waals surface area contributed by atoms with Crippen molar-refractivity contribution in [3.63, 3.8) is 0 Å². The highest BCUT2D eigenvalue weighted by atomic mass is 16.6. The van der Waals surface area contributed by atoms with Crippen LogP contribution in [-0.2, 0) is 21.2 Å². The Hall–Kier alpha value is -5.37. The minimum Gasteiger partial charge on any atom is -0.494 e. The summed E-state index contributed by atoms with van der Waals surface area (Å²) in [6.45, 7) is 17.6. The van der Waals surface area contributed by atoms with Crippen LogP contribution in [0.3, 0.4) is 0 Å². The minimum atomic E-state index is -1.25. The van der Waals surface area contributed by atoms with Crippen LogP contribution in [-0.4, -0.2) is 55.3 Å². The number of rotatable bonds is 13. The maximum absolute atomic E-state index is 14.2. The van der Waals surface area contributed by atoms with E-state index >= 15 is 0 Å². The summed E-state index contributed by atoms with van der Waals surface area (Å²) in [5.74, 6) is 0.791. The highest BCUT2D eigenvalue weighted by Gasteiger charge is 2.89. The molecule has 4 aromatic carbocycles. The van der Waals surface area contributed by atoms with Crippen molar-refractivity contribution in [1.29, 1.82) is 0 Å². The van der Waals surface area contributed by atoms with E-state index < -0.39 is 22.4 Å². The van der Waals surface area contributed by atoms with E-state index in [0.29, 0.717) is 24.6 Å². The van der Waals surface area contributed by atoms with Crippen molar-refractivity contribution in [3.8, 4) is 11.5 Å². The Morgan fingerprint density at radius 1 is 0.696 bits per heavy atom. The molecule has 5 aromatic rings. The van der Waals surface area contributed by atoms with Gasteiger partial charge in [0.1, 0.15) is 17.2 Å². The van der Waals surface area contributed by atoms with E-state index in [4.69, 9.17) is 31.1 Å². The minimum absolute atomic E-state index is 0.246. The van der Waals surface area contributed by atoms with E-state index in [-0.39, 0.29) is 11.6 Å². The number of anilines is 2. The lowest BCUT2D eigenvalue weighted by molar-refractivity contribution is 0.0248. The van der Waals surface area contributed by atoms with Gasteiger partial charge < -0.3 is 24.0 Å². The van der Waals surface area contributed by atoms with Gasteiger partial charge in [0.15, 0.2) is 11.3 Å². The van der Waals surface area contributed by atoms with Crippen LogP contribution >= 0.6 is 0 Å². The quantitative estimate of drug-likeness (QED) is 0.111. The van der Waals surface area contributed by atoms with Crippen molar-refractivity contribution < 1.29 is 19.0 Å². The summed E-state index contributed by atoms with van der Waals surface area (Å²) >= 11 is 0. The zero-order valence-corrected chi connectivity index (χ0v) is 32.3. The van der Waals surface area contributed by atoms with E-state index in [9.17, 15) is 4.79 Å². The Balaban J connectivity index is 1.15.